The first-order valence-electron chi connectivity index (χ1n) is 6.26. The topological polar surface area (TPSA) is 66.5 Å². The lowest BCUT2D eigenvalue weighted by Gasteiger charge is -2.30. The van der Waals surface area contributed by atoms with E-state index in [1.807, 2.05) is 6.92 Å². The molecule has 1 rings (SSSR count). The Morgan fingerprint density at radius 2 is 2.12 bits per heavy atom. The average Bonchev–Trinajstić information content (AvgIpc) is 2.36. The molecule has 1 aliphatic heterocycles. The number of carbonyl (C=O) groups is 1. The average molecular weight is 262 g/mol. The lowest BCUT2D eigenvalue weighted by atomic mass is 9.99. The van der Waals surface area contributed by atoms with Gasteiger partial charge in [-0.3, -0.25) is 4.79 Å². The number of amides is 1. The summed E-state index contributed by atoms with van der Waals surface area (Å²) in [5, 5.41) is 2.83. The highest BCUT2D eigenvalue weighted by Crippen LogP contribution is 2.19. The van der Waals surface area contributed by atoms with Crippen LogP contribution in [0.1, 0.15) is 33.1 Å². The van der Waals surface area contributed by atoms with Crippen molar-refractivity contribution in [3.8, 4) is 0 Å². The van der Waals surface area contributed by atoms with Crippen LogP contribution in [0.5, 0.6) is 0 Å². The Balaban J connectivity index is 2.58. The van der Waals surface area contributed by atoms with Crippen molar-refractivity contribution in [1.82, 2.24) is 9.62 Å². The quantitative estimate of drug-likeness (QED) is 0.788. The van der Waals surface area contributed by atoms with E-state index in [0.29, 0.717) is 19.6 Å². The largest absolute Gasteiger partial charge is 0.356 e. The predicted octanol–water partition coefficient (Wildman–Crippen LogP) is 0.574. The first-order valence-corrected chi connectivity index (χ1v) is 7.87. The summed E-state index contributed by atoms with van der Waals surface area (Å²) in [7, 11) is -3.15. The molecule has 1 amide bonds. The maximum Gasteiger partial charge on any atom is 0.224 e. The number of nitrogens with one attached hydrogen (secondary N) is 1. The molecule has 6 heteroatoms. The van der Waals surface area contributed by atoms with Crippen LogP contribution >= 0.6 is 0 Å². The molecule has 100 valence electrons. The van der Waals surface area contributed by atoms with Crippen LogP contribution in [0.4, 0.5) is 0 Å². The van der Waals surface area contributed by atoms with Gasteiger partial charge in [0.25, 0.3) is 0 Å². The van der Waals surface area contributed by atoms with E-state index in [-0.39, 0.29) is 17.6 Å². The molecule has 0 aromatic rings. The smallest absolute Gasteiger partial charge is 0.224 e. The molecule has 1 saturated heterocycles. The van der Waals surface area contributed by atoms with Crippen molar-refractivity contribution in [2.24, 2.45) is 5.92 Å². The fourth-order valence-electron chi connectivity index (χ4n) is 1.98. The van der Waals surface area contributed by atoms with E-state index in [0.717, 1.165) is 19.3 Å². The minimum Gasteiger partial charge on any atom is -0.356 e. The van der Waals surface area contributed by atoms with Crippen molar-refractivity contribution in [2.45, 2.75) is 33.1 Å². The molecule has 0 aromatic heterocycles. The molecule has 1 fully saturated rings. The van der Waals surface area contributed by atoms with Crippen molar-refractivity contribution in [3.63, 3.8) is 0 Å². The molecule has 1 atom stereocenters. The Hall–Kier alpha value is -0.620. The molecule has 5 nitrogen and oxygen atoms in total. The summed E-state index contributed by atoms with van der Waals surface area (Å²) in [4.78, 5) is 11.8. The molecular formula is C11H22N2O3S. The van der Waals surface area contributed by atoms with E-state index < -0.39 is 10.0 Å². The minimum atomic E-state index is -3.15. The van der Waals surface area contributed by atoms with Crippen molar-refractivity contribution < 1.29 is 13.2 Å². The molecule has 0 radical (unpaired) electrons. The van der Waals surface area contributed by atoms with Crippen molar-refractivity contribution in [3.05, 3.63) is 0 Å². The summed E-state index contributed by atoms with van der Waals surface area (Å²) in [6.45, 7) is 5.18. The molecule has 1 N–H and O–H groups in total. The number of piperidine rings is 1. The molecule has 0 unspecified atom stereocenters. The molecule has 17 heavy (non-hydrogen) atoms. The molecule has 0 aromatic carbocycles. The molecule has 0 aliphatic carbocycles. The Bertz CT molecular complexity index is 354. The second kappa shape index (κ2) is 6.35. The van der Waals surface area contributed by atoms with Crippen LogP contribution in [-0.2, 0) is 14.8 Å². The maximum atomic E-state index is 11.8. The van der Waals surface area contributed by atoms with Crippen LogP contribution in [0.2, 0.25) is 0 Å². The van der Waals surface area contributed by atoms with Gasteiger partial charge >= 0.3 is 0 Å². The van der Waals surface area contributed by atoms with Crippen LogP contribution in [0.25, 0.3) is 0 Å². The van der Waals surface area contributed by atoms with Gasteiger partial charge in [0.1, 0.15) is 0 Å². The SMILES string of the molecule is CCCNC(=O)[C@H]1CCCN(S(=O)(=O)CC)C1. The summed E-state index contributed by atoms with van der Waals surface area (Å²) < 4.78 is 24.9. The Morgan fingerprint density at radius 1 is 1.41 bits per heavy atom. The van der Waals surface area contributed by atoms with E-state index in [4.69, 9.17) is 0 Å². The number of nitrogens with zero attached hydrogens (tertiary/aromatic N) is 1. The van der Waals surface area contributed by atoms with Gasteiger partial charge in [-0.1, -0.05) is 6.92 Å². The summed E-state index contributed by atoms with van der Waals surface area (Å²) >= 11 is 0. The van der Waals surface area contributed by atoms with E-state index in [9.17, 15) is 13.2 Å². The third kappa shape index (κ3) is 3.96. The van der Waals surface area contributed by atoms with Gasteiger partial charge in [0.2, 0.25) is 15.9 Å². The first kappa shape index (κ1) is 14.4. The molecular weight excluding hydrogens is 240 g/mol. The Morgan fingerprint density at radius 3 is 2.71 bits per heavy atom. The van der Waals surface area contributed by atoms with E-state index >= 15 is 0 Å². The van der Waals surface area contributed by atoms with Crippen LogP contribution in [-0.4, -0.2) is 44.0 Å². The van der Waals surface area contributed by atoms with Crippen LogP contribution in [0, 0.1) is 5.92 Å². The predicted molar refractivity (Wildman–Crippen MR) is 67.1 cm³/mol. The standard InChI is InChI=1S/C11H22N2O3S/c1-3-7-12-11(14)10-6-5-8-13(9-10)17(15,16)4-2/h10H,3-9H2,1-2H3,(H,12,14)/t10-/m0/s1. The zero-order valence-corrected chi connectivity index (χ0v) is 11.4. The lowest BCUT2D eigenvalue weighted by Crippen LogP contribution is -2.45. The number of carbonyl (C=O) groups excluding carboxylic acids is 1. The summed E-state index contributed by atoms with van der Waals surface area (Å²) in [6.07, 6.45) is 2.45. The third-order valence-corrected chi connectivity index (χ3v) is 4.91. The van der Waals surface area contributed by atoms with Crippen molar-refractivity contribution >= 4 is 15.9 Å². The second-order valence-electron chi connectivity index (χ2n) is 4.39. The van der Waals surface area contributed by atoms with Gasteiger partial charge in [-0.05, 0) is 26.2 Å². The summed E-state index contributed by atoms with van der Waals surface area (Å²) in [5.41, 5.74) is 0. The third-order valence-electron chi connectivity index (χ3n) is 3.06. The molecule has 0 bridgehead atoms. The lowest BCUT2D eigenvalue weighted by molar-refractivity contribution is -0.126. The fraction of sp³-hybridized carbons (Fsp3) is 0.909. The number of rotatable bonds is 5. The highest BCUT2D eigenvalue weighted by atomic mass is 32.2. The highest BCUT2D eigenvalue weighted by molar-refractivity contribution is 7.89. The van der Waals surface area contributed by atoms with E-state index in [2.05, 4.69) is 5.32 Å². The summed E-state index contributed by atoms with van der Waals surface area (Å²) in [6, 6.07) is 0. The Kier molecular flexibility index (Phi) is 5.39. The highest BCUT2D eigenvalue weighted by Gasteiger charge is 2.30. The van der Waals surface area contributed by atoms with E-state index in [1.54, 1.807) is 6.92 Å². The van der Waals surface area contributed by atoms with Crippen LogP contribution in [0.3, 0.4) is 0 Å². The van der Waals surface area contributed by atoms with Crippen molar-refractivity contribution in [1.29, 1.82) is 0 Å². The van der Waals surface area contributed by atoms with Gasteiger partial charge in [0.15, 0.2) is 0 Å². The fourth-order valence-corrected chi connectivity index (χ4v) is 3.16. The molecule has 0 saturated carbocycles. The number of hydrogen-bond acceptors (Lipinski definition) is 3. The summed E-state index contributed by atoms with van der Waals surface area (Å²) in [5.74, 6) is -0.0875. The normalized spacial score (nSPS) is 22.4. The molecule has 1 heterocycles. The van der Waals surface area contributed by atoms with Gasteiger partial charge in [0, 0.05) is 19.6 Å². The zero-order valence-electron chi connectivity index (χ0n) is 10.6. The van der Waals surface area contributed by atoms with E-state index in [1.165, 1.54) is 4.31 Å². The zero-order chi connectivity index (χ0) is 12.9. The number of sulfonamides is 1. The molecule has 0 spiro atoms. The van der Waals surface area contributed by atoms with Gasteiger partial charge in [-0.25, -0.2) is 12.7 Å². The minimum absolute atomic E-state index is 0.0112. The van der Waals surface area contributed by atoms with Gasteiger partial charge in [-0.15, -0.1) is 0 Å². The van der Waals surface area contributed by atoms with Crippen LogP contribution in [0.15, 0.2) is 0 Å². The maximum absolute atomic E-state index is 11.8. The monoisotopic (exact) mass is 262 g/mol. The van der Waals surface area contributed by atoms with Crippen LogP contribution < -0.4 is 5.32 Å². The number of hydrogen-bond donors (Lipinski definition) is 1. The second-order valence-corrected chi connectivity index (χ2v) is 6.65. The van der Waals surface area contributed by atoms with Gasteiger partial charge < -0.3 is 5.32 Å². The van der Waals surface area contributed by atoms with Gasteiger partial charge in [-0.2, -0.15) is 0 Å². The first-order chi connectivity index (χ1) is 8.01. The van der Waals surface area contributed by atoms with Gasteiger partial charge in [0.05, 0.1) is 11.7 Å². The Labute approximate surface area is 104 Å². The molecule has 1 aliphatic rings. The van der Waals surface area contributed by atoms with Crippen molar-refractivity contribution in [2.75, 3.05) is 25.4 Å².